The summed E-state index contributed by atoms with van der Waals surface area (Å²) in [6, 6.07) is 10.4. The number of carbonyl (C=O) groups excluding carboxylic acids is 1. The minimum absolute atomic E-state index is 0.00578. The molecule has 0 saturated heterocycles. The molecule has 3 aromatic rings. The number of benzene rings is 2. The lowest BCUT2D eigenvalue weighted by molar-refractivity contribution is 0.102. The lowest BCUT2D eigenvalue weighted by atomic mass is 10.2. The largest absolute Gasteiger partial charge is 0.489 e. The van der Waals surface area contributed by atoms with Crippen molar-refractivity contribution in [3.63, 3.8) is 0 Å². The molecule has 28 heavy (non-hydrogen) atoms. The summed E-state index contributed by atoms with van der Waals surface area (Å²) < 4.78 is 31.9. The summed E-state index contributed by atoms with van der Waals surface area (Å²) >= 11 is 0. The van der Waals surface area contributed by atoms with Crippen LogP contribution in [0.1, 0.15) is 24.2 Å². The standard InChI is InChI=1S/C20H18F2N4O2/c1-12(2)28-18-6-4-3-5-17(18)26-20-23-10-13(11-24-20)19(27)25-14-7-8-15(21)16(22)9-14/h3-12H,1-2H3,(H,25,27)(H,23,24,26). The summed E-state index contributed by atoms with van der Waals surface area (Å²) in [4.78, 5) is 20.4. The van der Waals surface area contributed by atoms with Crippen molar-refractivity contribution in [2.45, 2.75) is 20.0 Å². The molecule has 3 rings (SSSR count). The van der Waals surface area contributed by atoms with Gasteiger partial charge in [0, 0.05) is 24.1 Å². The molecule has 0 bridgehead atoms. The highest BCUT2D eigenvalue weighted by Crippen LogP contribution is 2.27. The molecule has 6 nitrogen and oxygen atoms in total. The van der Waals surface area contributed by atoms with E-state index in [-0.39, 0.29) is 23.3 Å². The Hall–Kier alpha value is -3.55. The van der Waals surface area contributed by atoms with Crippen molar-refractivity contribution < 1.29 is 18.3 Å². The molecule has 0 spiro atoms. The van der Waals surface area contributed by atoms with Gasteiger partial charge >= 0.3 is 0 Å². The number of nitrogens with one attached hydrogen (secondary N) is 2. The number of halogens is 2. The number of ether oxygens (including phenoxy) is 1. The maximum Gasteiger partial charge on any atom is 0.258 e. The highest BCUT2D eigenvalue weighted by Gasteiger charge is 2.11. The zero-order chi connectivity index (χ0) is 20.1. The molecule has 0 atom stereocenters. The van der Waals surface area contributed by atoms with Crippen LogP contribution in [0.4, 0.5) is 26.1 Å². The van der Waals surface area contributed by atoms with Gasteiger partial charge in [-0.3, -0.25) is 4.79 Å². The molecule has 1 aromatic heterocycles. The van der Waals surface area contributed by atoms with E-state index in [1.54, 1.807) is 0 Å². The summed E-state index contributed by atoms with van der Waals surface area (Å²) in [6.07, 6.45) is 2.67. The van der Waals surface area contributed by atoms with E-state index >= 15 is 0 Å². The summed E-state index contributed by atoms with van der Waals surface area (Å²) in [7, 11) is 0. The lowest BCUT2D eigenvalue weighted by Crippen LogP contribution is -2.13. The van der Waals surface area contributed by atoms with Gasteiger partial charge in [0.1, 0.15) is 5.75 Å². The van der Waals surface area contributed by atoms with E-state index in [2.05, 4.69) is 20.6 Å². The Balaban J connectivity index is 1.70. The van der Waals surface area contributed by atoms with Crippen LogP contribution < -0.4 is 15.4 Å². The van der Waals surface area contributed by atoms with E-state index in [4.69, 9.17) is 4.74 Å². The van der Waals surface area contributed by atoms with E-state index in [1.807, 2.05) is 38.1 Å². The van der Waals surface area contributed by atoms with Crippen LogP contribution >= 0.6 is 0 Å². The molecule has 8 heteroatoms. The maximum atomic E-state index is 13.2. The molecule has 0 unspecified atom stereocenters. The third kappa shape index (κ3) is 4.79. The molecule has 1 amide bonds. The van der Waals surface area contributed by atoms with Gasteiger partial charge in [0.05, 0.1) is 17.4 Å². The van der Waals surface area contributed by atoms with Crippen molar-refractivity contribution in [1.82, 2.24) is 9.97 Å². The topological polar surface area (TPSA) is 76.1 Å². The second-order valence-corrected chi connectivity index (χ2v) is 6.17. The molecule has 0 saturated carbocycles. The van der Waals surface area contributed by atoms with E-state index in [9.17, 15) is 13.6 Å². The summed E-state index contributed by atoms with van der Waals surface area (Å²) in [5, 5.41) is 5.50. The van der Waals surface area contributed by atoms with E-state index in [1.165, 1.54) is 18.5 Å². The Morgan fingerprint density at radius 2 is 1.75 bits per heavy atom. The van der Waals surface area contributed by atoms with E-state index < -0.39 is 17.5 Å². The smallest absolute Gasteiger partial charge is 0.258 e. The van der Waals surface area contributed by atoms with Crippen molar-refractivity contribution in [2.24, 2.45) is 0 Å². The SMILES string of the molecule is CC(C)Oc1ccccc1Nc1ncc(C(=O)Nc2ccc(F)c(F)c2)cn1. The fraction of sp³-hybridized carbons (Fsp3) is 0.150. The number of amides is 1. The Bertz CT molecular complexity index is 978. The molecule has 1 heterocycles. The highest BCUT2D eigenvalue weighted by atomic mass is 19.2. The molecular weight excluding hydrogens is 366 g/mol. The molecule has 0 aliphatic carbocycles. The van der Waals surface area contributed by atoms with E-state index in [0.29, 0.717) is 11.4 Å². The Kier molecular flexibility index (Phi) is 5.78. The third-order valence-electron chi connectivity index (χ3n) is 3.59. The average molecular weight is 384 g/mol. The van der Waals surface area contributed by atoms with Gasteiger partial charge in [0.15, 0.2) is 11.6 Å². The van der Waals surface area contributed by atoms with Crippen molar-refractivity contribution in [2.75, 3.05) is 10.6 Å². The van der Waals surface area contributed by atoms with E-state index in [0.717, 1.165) is 12.1 Å². The van der Waals surface area contributed by atoms with Crippen LogP contribution in [0.2, 0.25) is 0 Å². The van der Waals surface area contributed by atoms with Crippen molar-refractivity contribution in [3.05, 3.63) is 72.1 Å². The first-order valence-corrected chi connectivity index (χ1v) is 8.53. The first kappa shape index (κ1) is 19.2. The number of aromatic nitrogens is 2. The van der Waals surface area contributed by atoms with Crippen LogP contribution in [0.15, 0.2) is 54.9 Å². The van der Waals surface area contributed by atoms with Gasteiger partial charge < -0.3 is 15.4 Å². The number of nitrogens with zero attached hydrogens (tertiary/aromatic N) is 2. The van der Waals surface area contributed by atoms with Crippen molar-refractivity contribution in [3.8, 4) is 5.75 Å². The second kappa shape index (κ2) is 8.43. The number of carbonyl (C=O) groups is 1. The van der Waals surface area contributed by atoms with Crippen LogP contribution in [0.3, 0.4) is 0 Å². The van der Waals surface area contributed by atoms with Gasteiger partial charge in [-0.15, -0.1) is 0 Å². The molecular formula is C20H18F2N4O2. The number of hydrogen-bond donors (Lipinski definition) is 2. The van der Waals surface area contributed by atoms with Gasteiger partial charge in [-0.2, -0.15) is 0 Å². The minimum atomic E-state index is -1.05. The third-order valence-corrected chi connectivity index (χ3v) is 3.59. The van der Waals surface area contributed by atoms with Crippen LogP contribution in [0.25, 0.3) is 0 Å². The first-order valence-electron chi connectivity index (χ1n) is 8.53. The number of rotatable bonds is 6. The Morgan fingerprint density at radius 3 is 2.43 bits per heavy atom. The van der Waals surface area contributed by atoms with Crippen molar-refractivity contribution >= 4 is 23.2 Å². The molecule has 0 radical (unpaired) electrons. The van der Waals surface area contributed by atoms with Gasteiger partial charge in [-0.25, -0.2) is 18.7 Å². The molecule has 2 aromatic carbocycles. The summed E-state index contributed by atoms with van der Waals surface area (Å²) in [5.41, 5.74) is 0.989. The molecule has 0 fully saturated rings. The molecule has 2 N–H and O–H groups in total. The van der Waals surface area contributed by atoms with Crippen LogP contribution in [-0.2, 0) is 0 Å². The number of para-hydroxylation sites is 2. The first-order chi connectivity index (χ1) is 13.4. The predicted octanol–water partition coefficient (Wildman–Crippen LogP) is 4.54. The summed E-state index contributed by atoms with van der Waals surface area (Å²) in [6.45, 7) is 3.85. The molecule has 0 aliphatic heterocycles. The van der Waals surface area contributed by atoms with Crippen molar-refractivity contribution in [1.29, 1.82) is 0 Å². The van der Waals surface area contributed by atoms with Gasteiger partial charge in [0.2, 0.25) is 5.95 Å². The predicted molar refractivity (Wildman–Crippen MR) is 102 cm³/mol. The zero-order valence-corrected chi connectivity index (χ0v) is 15.2. The quantitative estimate of drug-likeness (QED) is 0.653. The van der Waals surface area contributed by atoms with Crippen LogP contribution in [-0.4, -0.2) is 22.0 Å². The monoisotopic (exact) mass is 384 g/mol. The highest BCUT2D eigenvalue weighted by molar-refractivity contribution is 6.03. The fourth-order valence-electron chi connectivity index (χ4n) is 2.33. The van der Waals surface area contributed by atoms with Crippen LogP contribution in [0.5, 0.6) is 5.75 Å². The molecule has 0 aliphatic rings. The minimum Gasteiger partial charge on any atom is -0.489 e. The van der Waals surface area contributed by atoms with Crippen LogP contribution in [0, 0.1) is 11.6 Å². The lowest BCUT2D eigenvalue weighted by Gasteiger charge is -2.14. The fourth-order valence-corrected chi connectivity index (χ4v) is 2.33. The van der Waals surface area contributed by atoms with Gasteiger partial charge in [-0.1, -0.05) is 12.1 Å². The van der Waals surface area contributed by atoms with Gasteiger partial charge in [0.25, 0.3) is 5.91 Å². The second-order valence-electron chi connectivity index (χ2n) is 6.17. The Labute approximate surface area is 160 Å². The van der Waals surface area contributed by atoms with Gasteiger partial charge in [-0.05, 0) is 38.1 Å². The number of hydrogen-bond acceptors (Lipinski definition) is 5. The zero-order valence-electron chi connectivity index (χ0n) is 15.2. The number of anilines is 3. The Morgan fingerprint density at radius 1 is 1.04 bits per heavy atom. The molecule has 144 valence electrons. The summed E-state index contributed by atoms with van der Waals surface area (Å²) in [5.74, 6) is -1.64. The normalized spacial score (nSPS) is 10.6. The maximum absolute atomic E-state index is 13.2. The average Bonchev–Trinajstić information content (AvgIpc) is 2.66.